The second kappa shape index (κ2) is 8.95. The number of hydrogen-bond acceptors (Lipinski definition) is 2. The molecule has 2 aromatic carbocycles. The molecule has 2 rings (SSSR count). The topological polar surface area (TPSA) is 49.4 Å². The van der Waals surface area contributed by atoms with E-state index in [9.17, 15) is 18.4 Å². The number of hydrogen-bond donors (Lipinski definition) is 1. The number of benzene rings is 2. The predicted octanol–water partition coefficient (Wildman–Crippen LogP) is 5.20. The minimum Gasteiger partial charge on any atom is -0.324 e. The van der Waals surface area contributed by atoms with Crippen molar-refractivity contribution in [2.75, 3.05) is 16.8 Å². The molecule has 0 aliphatic rings. The van der Waals surface area contributed by atoms with Crippen LogP contribution in [-0.2, 0) is 9.59 Å². The Kier molecular flexibility index (Phi) is 6.89. The highest BCUT2D eigenvalue weighted by Gasteiger charge is 2.20. The highest BCUT2D eigenvalue weighted by atomic mass is 19.2. The van der Waals surface area contributed by atoms with Crippen molar-refractivity contribution in [2.45, 2.75) is 46.5 Å². The summed E-state index contributed by atoms with van der Waals surface area (Å²) in [7, 11) is 0. The van der Waals surface area contributed by atoms with E-state index in [1.165, 1.54) is 13.0 Å². The van der Waals surface area contributed by atoms with E-state index in [0.717, 1.165) is 33.8 Å². The average Bonchev–Trinajstić information content (AvgIpc) is 2.61. The van der Waals surface area contributed by atoms with Gasteiger partial charge >= 0.3 is 0 Å². The second-order valence-electron chi connectivity index (χ2n) is 7.37. The highest BCUT2D eigenvalue weighted by molar-refractivity contribution is 6.02. The summed E-state index contributed by atoms with van der Waals surface area (Å²) in [5, 5.41) is 2.92. The minimum atomic E-state index is -1.07. The summed E-state index contributed by atoms with van der Waals surface area (Å²) in [4.78, 5) is 25.9. The summed E-state index contributed by atoms with van der Waals surface area (Å²) in [6, 6.07) is 9.00. The van der Waals surface area contributed by atoms with Crippen LogP contribution in [0.1, 0.15) is 57.6 Å². The van der Waals surface area contributed by atoms with E-state index in [1.807, 2.05) is 45.9 Å². The van der Waals surface area contributed by atoms with Crippen LogP contribution in [0.4, 0.5) is 20.2 Å². The van der Waals surface area contributed by atoms with Crippen LogP contribution in [0.5, 0.6) is 0 Å². The molecule has 4 nitrogen and oxygen atoms in total. The maximum absolute atomic E-state index is 13.6. The van der Waals surface area contributed by atoms with E-state index < -0.39 is 23.4 Å². The Bertz CT molecular complexity index is 853. The van der Waals surface area contributed by atoms with Crippen LogP contribution in [0.2, 0.25) is 0 Å². The molecule has 6 heteroatoms. The number of anilines is 2. The molecule has 0 aliphatic heterocycles. The lowest BCUT2D eigenvalue weighted by molar-refractivity contribution is -0.120. The van der Waals surface area contributed by atoms with Crippen LogP contribution in [0.25, 0.3) is 0 Å². The third-order valence-electron chi connectivity index (χ3n) is 4.53. The van der Waals surface area contributed by atoms with Gasteiger partial charge in [-0.05, 0) is 35.1 Å². The molecule has 0 unspecified atom stereocenters. The highest BCUT2D eigenvalue weighted by Crippen LogP contribution is 2.32. The van der Waals surface area contributed by atoms with Crippen LogP contribution in [0.3, 0.4) is 0 Å². The summed E-state index contributed by atoms with van der Waals surface area (Å²) in [5.74, 6) is -2.54. The normalized spacial score (nSPS) is 11.0. The molecule has 0 saturated carbocycles. The summed E-state index contributed by atoms with van der Waals surface area (Å²) in [5.41, 5.74) is 2.87. The Hall–Kier alpha value is -2.76. The number of para-hydroxylation sites is 1. The van der Waals surface area contributed by atoms with E-state index in [-0.39, 0.29) is 24.1 Å². The molecule has 2 amide bonds. The van der Waals surface area contributed by atoms with Gasteiger partial charge in [0.2, 0.25) is 11.8 Å². The zero-order chi connectivity index (χ0) is 21.0. The first kappa shape index (κ1) is 21.5. The van der Waals surface area contributed by atoms with Crippen LogP contribution < -0.4 is 10.2 Å². The van der Waals surface area contributed by atoms with E-state index in [4.69, 9.17) is 0 Å². The van der Waals surface area contributed by atoms with Crippen molar-refractivity contribution in [3.05, 3.63) is 59.2 Å². The van der Waals surface area contributed by atoms with Gasteiger partial charge in [-0.2, -0.15) is 0 Å². The summed E-state index contributed by atoms with van der Waals surface area (Å²) < 4.78 is 26.8. The lowest BCUT2D eigenvalue weighted by atomic mass is 9.92. The molecular formula is C22H26F2N2O2. The van der Waals surface area contributed by atoms with Crippen LogP contribution in [0.15, 0.2) is 36.4 Å². The molecule has 0 spiro atoms. The first-order chi connectivity index (χ1) is 13.1. The summed E-state index contributed by atoms with van der Waals surface area (Å²) in [6.45, 7) is 9.13. The van der Waals surface area contributed by atoms with Crippen LogP contribution >= 0.6 is 0 Å². The molecule has 2 aromatic rings. The lowest BCUT2D eigenvalue weighted by Gasteiger charge is -2.23. The minimum absolute atomic E-state index is 0.128. The van der Waals surface area contributed by atoms with Gasteiger partial charge in [0.05, 0.1) is 0 Å². The van der Waals surface area contributed by atoms with Gasteiger partial charge in [-0.25, -0.2) is 8.78 Å². The molecule has 0 fully saturated rings. The number of carbonyl (C=O) groups excluding carboxylic acids is 2. The number of rotatable bonds is 6. The van der Waals surface area contributed by atoms with Gasteiger partial charge < -0.3 is 10.2 Å². The fraction of sp³-hybridized carbons (Fsp3) is 0.364. The molecule has 1 N–H and O–H groups in total. The van der Waals surface area contributed by atoms with Crippen molar-refractivity contribution < 1.29 is 18.4 Å². The molecule has 0 heterocycles. The maximum atomic E-state index is 13.6. The summed E-state index contributed by atoms with van der Waals surface area (Å²) in [6.07, 6.45) is 0. The molecular weight excluding hydrogens is 362 g/mol. The van der Waals surface area contributed by atoms with Gasteiger partial charge in [-0.1, -0.05) is 45.9 Å². The second-order valence-corrected chi connectivity index (χ2v) is 7.37. The summed E-state index contributed by atoms with van der Waals surface area (Å²) >= 11 is 0. The van der Waals surface area contributed by atoms with E-state index in [1.54, 1.807) is 0 Å². The Morgan fingerprint density at radius 3 is 2.00 bits per heavy atom. The van der Waals surface area contributed by atoms with Crippen molar-refractivity contribution >= 4 is 23.2 Å². The van der Waals surface area contributed by atoms with Gasteiger partial charge in [0.1, 0.15) is 6.54 Å². The van der Waals surface area contributed by atoms with Crippen molar-refractivity contribution in [3.8, 4) is 0 Å². The monoisotopic (exact) mass is 388 g/mol. The van der Waals surface area contributed by atoms with E-state index in [2.05, 4.69) is 5.32 Å². The lowest BCUT2D eigenvalue weighted by Crippen LogP contribution is -2.37. The predicted molar refractivity (Wildman–Crippen MR) is 108 cm³/mol. The van der Waals surface area contributed by atoms with Crippen molar-refractivity contribution in [1.29, 1.82) is 0 Å². The van der Waals surface area contributed by atoms with Crippen molar-refractivity contribution in [1.82, 2.24) is 0 Å². The van der Waals surface area contributed by atoms with Crippen LogP contribution in [0, 0.1) is 11.6 Å². The third-order valence-corrected chi connectivity index (χ3v) is 4.53. The number of carbonyl (C=O) groups is 2. The fourth-order valence-electron chi connectivity index (χ4n) is 3.06. The quantitative estimate of drug-likeness (QED) is 0.739. The maximum Gasteiger partial charge on any atom is 0.244 e. The number of halogens is 2. The van der Waals surface area contributed by atoms with E-state index in [0.29, 0.717) is 0 Å². The third kappa shape index (κ3) is 4.94. The first-order valence-electron chi connectivity index (χ1n) is 9.27. The Labute approximate surface area is 164 Å². The van der Waals surface area contributed by atoms with Crippen molar-refractivity contribution in [3.63, 3.8) is 0 Å². The molecule has 0 saturated heterocycles. The Morgan fingerprint density at radius 2 is 1.54 bits per heavy atom. The first-order valence-corrected chi connectivity index (χ1v) is 9.27. The van der Waals surface area contributed by atoms with Crippen molar-refractivity contribution in [2.24, 2.45) is 0 Å². The van der Waals surface area contributed by atoms with Gasteiger partial charge in [-0.15, -0.1) is 0 Å². The fourth-order valence-corrected chi connectivity index (χ4v) is 3.06. The van der Waals surface area contributed by atoms with Gasteiger partial charge in [0.25, 0.3) is 0 Å². The molecule has 0 radical (unpaired) electrons. The average molecular weight is 388 g/mol. The van der Waals surface area contributed by atoms with Gasteiger partial charge in [0.15, 0.2) is 11.6 Å². The van der Waals surface area contributed by atoms with Gasteiger partial charge in [0, 0.05) is 24.4 Å². The molecule has 0 bridgehead atoms. The largest absolute Gasteiger partial charge is 0.324 e. The molecule has 28 heavy (non-hydrogen) atoms. The Morgan fingerprint density at radius 1 is 0.964 bits per heavy atom. The molecule has 0 aliphatic carbocycles. The van der Waals surface area contributed by atoms with Gasteiger partial charge in [-0.3, -0.25) is 9.59 Å². The molecule has 0 aromatic heterocycles. The zero-order valence-electron chi connectivity index (χ0n) is 16.8. The Balaban J connectivity index is 2.31. The number of nitrogens with zero attached hydrogens (tertiary/aromatic N) is 1. The SMILES string of the molecule is CC(=O)N(CC(=O)Nc1c(C(C)C)cccc1C(C)C)c1ccc(F)c(F)c1. The van der Waals surface area contributed by atoms with Crippen LogP contribution in [-0.4, -0.2) is 18.4 Å². The number of nitrogens with one attached hydrogen (secondary N) is 1. The molecule has 150 valence electrons. The molecule has 0 atom stereocenters. The zero-order valence-corrected chi connectivity index (χ0v) is 16.8. The standard InChI is InChI=1S/C22H26F2N2O2/c1-13(2)17-7-6-8-18(14(3)4)22(17)25-21(28)12-26(15(5)27)16-9-10-19(23)20(24)11-16/h6-11,13-14H,12H2,1-5H3,(H,25,28). The van der Waals surface area contributed by atoms with E-state index >= 15 is 0 Å². The number of amides is 2. The smallest absolute Gasteiger partial charge is 0.244 e.